The zero-order valence-electron chi connectivity index (χ0n) is 39.0. The van der Waals surface area contributed by atoms with E-state index in [-0.39, 0.29) is 5.91 Å². The highest BCUT2D eigenvalue weighted by atomic mass is 127. The quantitative estimate of drug-likeness (QED) is 0.0573. The van der Waals surface area contributed by atoms with Gasteiger partial charge in [0.25, 0.3) is 5.91 Å². The van der Waals surface area contributed by atoms with Crippen LogP contribution >= 0.6 is 39.4 Å². The number of ether oxygens (including phenoxy) is 4. The molecule has 1 aliphatic heterocycles. The van der Waals surface area contributed by atoms with Gasteiger partial charge in [0.2, 0.25) is 0 Å². The van der Waals surface area contributed by atoms with Gasteiger partial charge in [-0.2, -0.15) is 0 Å². The summed E-state index contributed by atoms with van der Waals surface area (Å²) >= 11 is 2.26. The van der Waals surface area contributed by atoms with E-state index < -0.39 is 16.8 Å². The SMILES string of the molecule is CCCCc1cc(OC)cc(-c2cc(OC)cc(I)c2OP2Oc3ccccc3C(=O)N2c2ccccc2)c1Op1oc2c(CCCC)cc(OC)cc2c2cc(OC)cc(CCCC)c2o1. The maximum absolute atomic E-state index is 14.4. The number of anilines is 1. The molecule has 1 amide bonds. The summed E-state index contributed by atoms with van der Waals surface area (Å²) in [5.74, 6) is 3.90. The first-order chi connectivity index (χ1) is 32.7. The number of hydrogen-bond acceptors (Lipinski definition) is 10. The molecule has 1 aromatic heterocycles. The van der Waals surface area contributed by atoms with E-state index in [1.54, 1.807) is 45.2 Å². The predicted octanol–water partition coefficient (Wildman–Crippen LogP) is 15.8. The minimum absolute atomic E-state index is 0.227. The van der Waals surface area contributed by atoms with Crippen LogP contribution in [0.4, 0.5) is 5.69 Å². The van der Waals surface area contributed by atoms with Crippen molar-refractivity contribution in [1.29, 1.82) is 0 Å². The van der Waals surface area contributed by atoms with Crippen molar-refractivity contribution in [3.63, 3.8) is 0 Å². The van der Waals surface area contributed by atoms with Crippen molar-refractivity contribution in [2.24, 2.45) is 0 Å². The molecule has 0 aliphatic carbocycles. The average Bonchev–Trinajstić information content (AvgIpc) is 3.51. The van der Waals surface area contributed by atoms with Crippen LogP contribution < -0.4 is 37.2 Å². The first-order valence-corrected chi connectivity index (χ1v) is 26.0. The van der Waals surface area contributed by atoms with E-state index in [4.69, 9.17) is 40.9 Å². The normalized spacial score (nSPS) is 13.3. The van der Waals surface area contributed by atoms with Crippen molar-refractivity contribution in [2.45, 2.75) is 78.6 Å². The third-order valence-corrected chi connectivity index (χ3v) is 14.9. The molecule has 6 aromatic carbocycles. The fourth-order valence-corrected chi connectivity index (χ4v) is 11.7. The maximum Gasteiger partial charge on any atom is 0.453 e. The number of aryl methyl sites for hydroxylation is 3. The monoisotopic (exact) mass is 1060 g/mol. The van der Waals surface area contributed by atoms with Gasteiger partial charge in [-0.15, -0.1) is 0 Å². The van der Waals surface area contributed by atoms with Gasteiger partial charge in [0.1, 0.15) is 45.7 Å². The predicted molar refractivity (Wildman–Crippen MR) is 277 cm³/mol. The number of carbonyl (C=O) groups is 1. The first kappa shape index (κ1) is 47.9. The number of carbonyl (C=O) groups excluding carboxylic acids is 1. The standard InChI is InChI=1S/C53H56INO10P2/c1-8-11-19-34-26-38(57-4)29-43-44-30-39(58-5)27-35(20-12-9-2)50(44)64-67(63-49(34)43)65-51-36(21-13-10-3)28-40(59-6)31-45(51)46-32-41(60-7)33-47(54)52(46)62-66-55(37-22-15-14-16-23-37)53(56)42-24-17-18-25-48(42)61-66/h14-18,22-33H,8-13,19-21H2,1-7H3. The Balaban J connectivity index is 1.39. The van der Waals surface area contributed by atoms with Crippen LogP contribution in [0.3, 0.4) is 0 Å². The van der Waals surface area contributed by atoms with Crippen LogP contribution in [0.25, 0.3) is 33.1 Å². The Morgan fingerprint density at radius 3 is 1.61 bits per heavy atom. The maximum atomic E-state index is 14.4. The molecule has 1 aliphatic rings. The van der Waals surface area contributed by atoms with Gasteiger partial charge in [0.05, 0.1) is 43.3 Å². The van der Waals surface area contributed by atoms with Gasteiger partial charge in [0.15, 0.2) is 5.75 Å². The Kier molecular flexibility index (Phi) is 15.8. The molecule has 0 N–H and O–H groups in total. The number of fused-ring (bicyclic) bond motifs is 4. The third-order valence-electron chi connectivity index (χ3n) is 11.7. The third kappa shape index (κ3) is 10.3. The van der Waals surface area contributed by atoms with Crippen molar-refractivity contribution in [2.75, 3.05) is 33.1 Å². The summed E-state index contributed by atoms with van der Waals surface area (Å²) in [6.07, 6.45) is 7.90. The van der Waals surface area contributed by atoms with E-state index in [0.717, 1.165) is 93.9 Å². The molecule has 2 heterocycles. The number of unbranched alkanes of at least 4 members (excludes halogenated alkanes) is 3. The molecule has 0 saturated carbocycles. The minimum Gasteiger partial charge on any atom is -0.497 e. The van der Waals surface area contributed by atoms with Gasteiger partial charge in [-0.05, 0) is 151 Å². The zero-order valence-corrected chi connectivity index (χ0v) is 42.9. The van der Waals surface area contributed by atoms with Gasteiger partial charge in [-0.1, -0.05) is 70.4 Å². The lowest BCUT2D eigenvalue weighted by Gasteiger charge is -2.34. The molecule has 0 saturated heterocycles. The van der Waals surface area contributed by atoms with E-state index in [1.807, 2.05) is 78.9 Å². The van der Waals surface area contributed by atoms with Crippen molar-refractivity contribution < 1.29 is 45.7 Å². The number of amides is 1. The van der Waals surface area contributed by atoms with Gasteiger partial charge >= 0.3 is 16.8 Å². The van der Waals surface area contributed by atoms with Crippen LogP contribution in [-0.2, 0) is 19.3 Å². The van der Waals surface area contributed by atoms with Crippen LogP contribution in [0, 0.1) is 3.57 Å². The van der Waals surface area contributed by atoms with E-state index in [2.05, 4.69) is 55.5 Å². The second-order valence-electron chi connectivity index (χ2n) is 16.2. The van der Waals surface area contributed by atoms with Gasteiger partial charge in [-0.3, -0.25) is 4.79 Å². The summed E-state index contributed by atoms with van der Waals surface area (Å²) in [5, 5.41) is 1.69. The van der Waals surface area contributed by atoms with Crippen molar-refractivity contribution >= 4 is 72.9 Å². The molecule has 0 spiro atoms. The first-order valence-electron chi connectivity index (χ1n) is 22.7. The number of methoxy groups -OCH3 is 4. The Morgan fingerprint density at radius 1 is 0.552 bits per heavy atom. The van der Waals surface area contributed by atoms with E-state index in [9.17, 15) is 4.79 Å². The Labute approximate surface area is 408 Å². The number of benzene rings is 6. The van der Waals surface area contributed by atoms with E-state index in [0.29, 0.717) is 68.7 Å². The number of halogens is 1. The Morgan fingerprint density at radius 2 is 1.04 bits per heavy atom. The topological polar surface area (TPSA) is 111 Å². The second-order valence-corrected chi connectivity index (χ2v) is 19.6. The molecule has 0 bridgehead atoms. The highest BCUT2D eigenvalue weighted by Crippen LogP contribution is 2.56. The van der Waals surface area contributed by atoms with Crippen molar-refractivity contribution in [3.8, 4) is 51.4 Å². The summed E-state index contributed by atoms with van der Waals surface area (Å²) in [6, 6.07) is 32.6. The molecule has 350 valence electrons. The Hall–Kier alpha value is -5.55. The molecule has 11 nitrogen and oxygen atoms in total. The largest absolute Gasteiger partial charge is 0.497 e. The zero-order chi connectivity index (χ0) is 47.0. The van der Waals surface area contributed by atoms with Crippen LogP contribution in [0.2, 0.25) is 0 Å². The summed E-state index contributed by atoms with van der Waals surface area (Å²) < 4.78 is 61.3. The van der Waals surface area contributed by atoms with Crippen molar-refractivity contribution in [3.05, 3.63) is 129 Å². The lowest BCUT2D eigenvalue weighted by molar-refractivity contribution is 0.0995. The van der Waals surface area contributed by atoms with Gasteiger partial charge < -0.3 is 40.9 Å². The second kappa shape index (κ2) is 22.0. The highest BCUT2D eigenvalue weighted by molar-refractivity contribution is 14.1. The van der Waals surface area contributed by atoms with Crippen LogP contribution in [0.1, 0.15) is 86.3 Å². The smallest absolute Gasteiger partial charge is 0.453 e. The summed E-state index contributed by atoms with van der Waals surface area (Å²) in [7, 11) is 2.39. The molecule has 1 unspecified atom stereocenters. The van der Waals surface area contributed by atoms with Crippen LogP contribution in [-0.4, -0.2) is 34.3 Å². The minimum atomic E-state index is -2.18. The fraction of sp³-hybridized carbons (Fsp3) is 0.302. The molecule has 14 heteroatoms. The average molecular weight is 1060 g/mol. The van der Waals surface area contributed by atoms with E-state index >= 15 is 0 Å². The summed E-state index contributed by atoms with van der Waals surface area (Å²) in [4.78, 5) is 14.4. The molecule has 8 rings (SSSR count). The van der Waals surface area contributed by atoms with Crippen LogP contribution in [0.5, 0.6) is 40.2 Å². The molecule has 0 radical (unpaired) electrons. The summed E-state index contributed by atoms with van der Waals surface area (Å²) in [5.41, 5.74) is 6.63. The molecular weight excluding hydrogens is 999 g/mol. The van der Waals surface area contributed by atoms with Crippen molar-refractivity contribution in [1.82, 2.24) is 0 Å². The van der Waals surface area contributed by atoms with Gasteiger partial charge in [0, 0.05) is 21.9 Å². The number of hydrogen-bond donors (Lipinski definition) is 0. The number of para-hydroxylation sites is 2. The number of nitrogens with zero attached hydrogens (tertiary/aromatic N) is 1. The van der Waals surface area contributed by atoms with E-state index in [1.165, 1.54) is 0 Å². The number of rotatable bonds is 19. The van der Waals surface area contributed by atoms with Gasteiger partial charge in [-0.25, -0.2) is 4.67 Å². The summed E-state index contributed by atoms with van der Waals surface area (Å²) in [6.45, 7) is 6.52. The lowest BCUT2D eigenvalue weighted by atomic mass is 9.97. The molecule has 7 aromatic rings. The molecule has 1 atom stereocenters. The lowest BCUT2D eigenvalue weighted by Crippen LogP contribution is -2.33. The molecular formula is C53H56INO10P2. The highest BCUT2D eigenvalue weighted by Gasteiger charge is 2.40. The fourth-order valence-electron chi connectivity index (χ4n) is 8.13. The molecule has 67 heavy (non-hydrogen) atoms. The molecule has 0 fully saturated rings. The van der Waals surface area contributed by atoms with Crippen LogP contribution in [0.15, 0.2) is 112 Å². The Bertz CT molecular complexity index is 2850.